The number of methoxy groups -OCH3 is 1. The van der Waals surface area contributed by atoms with Crippen LogP contribution in [0.1, 0.15) is 95.7 Å². The van der Waals surface area contributed by atoms with E-state index in [1.165, 1.54) is 66.1 Å². The topological polar surface area (TPSA) is 23.4 Å². The molecule has 0 saturated heterocycles. The lowest BCUT2D eigenvalue weighted by molar-refractivity contribution is 0.163. The quantitative estimate of drug-likeness (QED) is 0.178. The van der Waals surface area contributed by atoms with Crippen molar-refractivity contribution in [3.8, 4) is 39.4 Å². The van der Waals surface area contributed by atoms with E-state index in [4.69, 9.17) is 9.47 Å². The van der Waals surface area contributed by atoms with Gasteiger partial charge in [-0.3, -0.25) is 0 Å². The van der Waals surface area contributed by atoms with E-state index < -0.39 is 5.60 Å². The Morgan fingerprint density at radius 3 is 1.66 bits per heavy atom. The van der Waals surface area contributed by atoms with E-state index in [-0.39, 0.29) is 16.2 Å². The predicted molar refractivity (Wildman–Crippen MR) is 249 cm³/mol. The van der Waals surface area contributed by atoms with Gasteiger partial charge >= 0.3 is 0 Å². The van der Waals surface area contributed by atoms with Crippen molar-refractivity contribution in [2.45, 2.75) is 84.2 Å². The molecule has 1 aliphatic heterocycles. The van der Waals surface area contributed by atoms with Gasteiger partial charge in [0.2, 0.25) is 0 Å². The van der Waals surface area contributed by atoms with Crippen molar-refractivity contribution in [3.05, 3.63) is 167 Å². The van der Waals surface area contributed by atoms with Crippen LogP contribution in [0.4, 0.5) is 0 Å². The van der Waals surface area contributed by atoms with E-state index >= 15 is 0 Å². The summed E-state index contributed by atoms with van der Waals surface area (Å²) in [4.78, 5) is 0. The molecule has 1 aliphatic carbocycles. The van der Waals surface area contributed by atoms with Crippen LogP contribution in [-0.4, -0.2) is 11.7 Å². The molecular weight excluding hydrogens is 719 g/mol. The number of fused-ring (bicyclic) bond motifs is 8. The molecule has 0 N–H and O–H groups in total. The summed E-state index contributed by atoms with van der Waals surface area (Å²) >= 11 is 0. The largest absolute Gasteiger partial charge is 0.497 e. The first-order valence-electron chi connectivity index (χ1n) is 21.0. The fourth-order valence-corrected chi connectivity index (χ4v) is 9.81. The highest BCUT2D eigenvalue weighted by Crippen LogP contribution is 2.58. The second-order valence-corrected chi connectivity index (χ2v) is 19.8. The molecule has 3 heteroatoms. The van der Waals surface area contributed by atoms with E-state index in [0.29, 0.717) is 0 Å². The first-order valence-corrected chi connectivity index (χ1v) is 21.0. The fourth-order valence-electron chi connectivity index (χ4n) is 9.81. The molecule has 0 radical (unpaired) electrons. The molecule has 1 unspecified atom stereocenters. The highest BCUT2D eigenvalue weighted by Gasteiger charge is 2.42. The molecule has 10 rings (SSSR count). The van der Waals surface area contributed by atoms with Crippen LogP contribution >= 0.6 is 0 Å². The molecule has 3 nitrogen and oxygen atoms in total. The van der Waals surface area contributed by atoms with Crippen molar-refractivity contribution in [1.82, 2.24) is 4.57 Å². The van der Waals surface area contributed by atoms with E-state index in [0.717, 1.165) is 39.3 Å². The van der Waals surface area contributed by atoms with Crippen molar-refractivity contribution in [2.75, 3.05) is 7.11 Å². The highest BCUT2D eigenvalue weighted by molar-refractivity contribution is 6.19. The van der Waals surface area contributed by atoms with Crippen molar-refractivity contribution in [3.63, 3.8) is 0 Å². The number of hydrogen-bond donors (Lipinski definition) is 0. The van der Waals surface area contributed by atoms with Crippen LogP contribution in [0.3, 0.4) is 0 Å². The smallest absolute Gasteiger partial charge is 0.178 e. The lowest BCUT2D eigenvalue weighted by Gasteiger charge is -2.39. The van der Waals surface area contributed by atoms with Gasteiger partial charge in [-0.2, -0.15) is 0 Å². The van der Waals surface area contributed by atoms with Gasteiger partial charge in [0.05, 0.1) is 18.1 Å². The zero-order valence-electron chi connectivity index (χ0n) is 36.0. The number of ether oxygens (including phenoxy) is 2. The fraction of sp³-hybridized carbons (Fsp3) is 0.250. The summed E-state index contributed by atoms with van der Waals surface area (Å²) < 4.78 is 15.8. The summed E-state index contributed by atoms with van der Waals surface area (Å²) in [6.07, 6.45) is 4.63. The van der Waals surface area contributed by atoms with Gasteiger partial charge in [0.1, 0.15) is 11.5 Å². The minimum Gasteiger partial charge on any atom is -0.497 e. The third kappa shape index (κ3) is 5.61. The minimum absolute atomic E-state index is 0.0393. The van der Waals surface area contributed by atoms with Crippen LogP contribution in [0.15, 0.2) is 133 Å². The Hall–Kier alpha value is -6.06. The van der Waals surface area contributed by atoms with Gasteiger partial charge < -0.3 is 14.0 Å². The third-order valence-electron chi connectivity index (χ3n) is 12.9. The van der Waals surface area contributed by atoms with Gasteiger partial charge in [0.25, 0.3) is 0 Å². The standard InChI is InChI=1S/C56H53NO2/c1-53(2,3)36-22-28-47-45(32-36)46-33-37(54(4,5)6)23-29-48(46)57(47)38-24-18-34(19-25-38)56(35-20-26-39(58-10)27-21-35)31-30-44-51(55(7,8)9)50-42-15-12-11-14-40(42)41-16-13-17-43(49(41)50)52(44)59-56/h11-33H,1-10H3. The average Bonchev–Trinajstić information content (AvgIpc) is 3.73. The van der Waals surface area contributed by atoms with E-state index in [9.17, 15) is 0 Å². The maximum absolute atomic E-state index is 7.68. The zero-order chi connectivity index (χ0) is 41.2. The third-order valence-corrected chi connectivity index (χ3v) is 12.9. The van der Waals surface area contributed by atoms with Gasteiger partial charge in [-0.25, -0.2) is 0 Å². The maximum Gasteiger partial charge on any atom is 0.178 e. The SMILES string of the molecule is COc1ccc(C2(c3ccc(-n4c5ccc(C(C)(C)C)cc5c5cc(C(C)(C)C)ccc54)cc3)C=Cc3c(C(C)(C)C)c4c5c(cccc5c3O2)-c2ccccc2-4)cc1. The Bertz CT molecular complexity index is 2960. The van der Waals surface area contributed by atoms with Gasteiger partial charge in [0.15, 0.2) is 5.60 Å². The number of hydrogen-bond acceptors (Lipinski definition) is 2. The lowest BCUT2D eigenvalue weighted by Crippen LogP contribution is -2.35. The number of rotatable bonds is 4. The molecule has 294 valence electrons. The molecule has 0 amide bonds. The lowest BCUT2D eigenvalue weighted by atomic mass is 9.75. The Labute approximate surface area is 348 Å². The van der Waals surface area contributed by atoms with Gasteiger partial charge in [-0.15, -0.1) is 0 Å². The molecule has 2 aliphatic rings. The average molecular weight is 772 g/mol. The minimum atomic E-state index is -0.900. The van der Waals surface area contributed by atoms with E-state index in [2.05, 4.69) is 194 Å². The molecule has 1 atom stereocenters. The van der Waals surface area contributed by atoms with Crippen molar-refractivity contribution < 1.29 is 9.47 Å². The number of benzene rings is 7. The van der Waals surface area contributed by atoms with Gasteiger partial charge in [-0.05, 0) is 110 Å². The van der Waals surface area contributed by atoms with Gasteiger partial charge in [0, 0.05) is 43.9 Å². The highest BCUT2D eigenvalue weighted by atomic mass is 16.5. The molecular formula is C56H53NO2. The van der Waals surface area contributed by atoms with Crippen LogP contribution in [0.25, 0.3) is 66.6 Å². The molecule has 8 aromatic rings. The van der Waals surface area contributed by atoms with Crippen LogP contribution in [-0.2, 0) is 21.8 Å². The molecule has 0 bridgehead atoms. The Morgan fingerprint density at radius 2 is 1.10 bits per heavy atom. The first kappa shape index (κ1) is 37.2. The van der Waals surface area contributed by atoms with Crippen LogP contribution in [0.5, 0.6) is 11.5 Å². The van der Waals surface area contributed by atoms with Crippen molar-refractivity contribution in [1.29, 1.82) is 0 Å². The summed E-state index contributed by atoms with van der Waals surface area (Å²) in [6, 6.07) is 47.1. The Kier molecular flexibility index (Phi) is 8.02. The molecule has 1 aromatic heterocycles. The Morgan fingerprint density at radius 1 is 0.542 bits per heavy atom. The van der Waals surface area contributed by atoms with Gasteiger partial charge in [-0.1, -0.05) is 147 Å². The summed E-state index contributed by atoms with van der Waals surface area (Å²) in [5.74, 6) is 1.74. The monoisotopic (exact) mass is 771 g/mol. The number of aromatic nitrogens is 1. The molecule has 2 heterocycles. The van der Waals surface area contributed by atoms with E-state index in [1.807, 2.05) is 12.1 Å². The normalized spacial score (nSPS) is 16.1. The second-order valence-electron chi connectivity index (χ2n) is 19.8. The molecule has 0 saturated carbocycles. The van der Waals surface area contributed by atoms with Crippen LogP contribution in [0, 0.1) is 0 Å². The first-order chi connectivity index (χ1) is 28.1. The summed E-state index contributed by atoms with van der Waals surface area (Å²) in [5.41, 5.74) is 15.0. The van der Waals surface area contributed by atoms with Crippen LogP contribution < -0.4 is 9.47 Å². The molecule has 0 fully saturated rings. The summed E-state index contributed by atoms with van der Waals surface area (Å²) in [6.45, 7) is 20.8. The van der Waals surface area contributed by atoms with Crippen molar-refractivity contribution >= 4 is 38.7 Å². The van der Waals surface area contributed by atoms with Crippen LogP contribution in [0.2, 0.25) is 0 Å². The molecule has 59 heavy (non-hydrogen) atoms. The zero-order valence-corrected chi connectivity index (χ0v) is 36.0. The maximum atomic E-state index is 7.68. The number of nitrogens with zero attached hydrogens (tertiary/aromatic N) is 1. The second kappa shape index (κ2) is 12.7. The van der Waals surface area contributed by atoms with Crippen molar-refractivity contribution in [2.24, 2.45) is 0 Å². The summed E-state index contributed by atoms with van der Waals surface area (Å²) in [7, 11) is 1.72. The van der Waals surface area contributed by atoms with E-state index in [1.54, 1.807) is 7.11 Å². The molecule has 7 aromatic carbocycles. The Balaban J connectivity index is 1.18. The summed E-state index contributed by atoms with van der Waals surface area (Å²) in [5, 5.41) is 4.99. The predicted octanol–water partition coefficient (Wildman–Crippen LogP) is 14.8. The molecule has 0 spiro atoms.